The Morgan fingerprint density at radius 2 is 1.80 bits per heavy atom. The van der Waals surface area contributed by atoms with Crippen molar-refractivity contribution in [2.45, 2.75) is 51.5 Å². The quantitative estimate of drug-likeness (QED) is 0.581. The van der Waals surface area contributed by atoms with Gasteiger partial charge in [-0.3, -0.25) is 4.99 Å². The molecule has 2 rings (SSSR count). The van der Waals surface area contributed by atoms with E-state index in [9.17, 15) is 4.79 Å². The molecule has 0 aliphatic carbocycles. The van der Waals surface area contributed by atoms with Gasteiger partial charge >= 0.3 is 6.09 Å². The summed E-state index contributed by atoms with van der Waals surface area (Å²) in [7, 11) is 1.81. The normalized spacial score (nSPS) is 20.9. The highest BCUT2D eigenvalue weighted by atomic mass is 16.6. The van der Waals surface area contributed by atoms with Gasteiger partial charge in [-0.2, -0.15) is 0 Å². The summed E-state index contributed by atoms with van der Waals surface area (Å²) in [4.78, 5) is 20.4. The zero-order valence-corrected chi connectivity index (χ0v) is 15.9. The Labute approximate surface area is 152 Å². The lowest BCUT2D eigenvalue weighted by Crippen LogP contribution is -2.50. The van der Waals surface area contributed by atoms with Crippen LogP contribution < -0.4 is 10.6 Å². The molecule has 0 unspecified atom stereocenters. The molecule has 0 radical (unpaired) electrons. The third-order valence-electron chi connectivity index (χ3n) is 5.00. The lowest BCUT2D eigenvalue weighted by atomic mass is 10.1. The molecule has 0 saturated carbocycles. The molecule has 2 saturated heterocycles. The van der Waals surface area contributed by atoms with Crippen molar-refractivity contribution >= 4 is 12.1 Å². The van der Waals surface area contributed by atoms with Crippen molar-refractivity contribution in [2.24, 2.45) is 4.99 Å². The Balaban J connectivity index is 1.64. The van der Waals surface area contributed by atoms with E-state index in [0.29, 0.717) is 12.6 Å². The van der Waals surface area contributed by atoms with E-state index in [4.69, 9.17) is 4.74 Å². The molecular weight excluding hydrogens is 318 g/mol. The Bertz CT molecular complexity index is 414. The first kappa shape index (κ1) is 19.8. The highest BCUT2D eigenvalue weighted by Gasteiger charge is 2.24. The molecule has 0 bridgehead atoms. The second kappa shape index (κ2) is 11.2. The average Bonchev–Trinajstić information content (AvgIpc) is 2.90. The van der Waals surface area contributed by atoms with Crippen molar-refractivity contribution in [1.82, 2.24) is 20.4 Å². The van der Waals surface area contributed by atoms with E-state index in [1.54, 1.807) is 4.90 Å². The summed E-state index contributed by atoms with van der Waals surface area (Å²) in [6.45, 7) is 8.18. The van der Waals surface area contributed by atoms with Gasteiger partial charge in [0.2, 0.25) is 0 Å². The first-order chi connectivity index (χ1) is 12.2. The molecule has 2 heterocycles. The van der Waals surface area contributed by atoms with Crippen LogP contribution in [0, 0.1) is 0 Å². The molecule has 0 spiro atoms. The van der Waals surface area contributed by atoms with Gasteiger partial charge in [0.15, 0.2) is 5.96 Å². The Morgan fingerprint density at radius 3 is 2.40 bits per heavy atom. The highest BCUT2D eigenvalue weighted by molar-refractivity contribution is 5.80. The number of nitrogens with zero attached hydrogens (tertiary/aromatic N) is 3. The monoisotopic (exact) mass is 353 g/mol. The van der Waals surface area contributed by atoms with Gasteiger partial charge < -0.3 is 25.2 Å². The summed E-state index contributed by atoms with van der Waals surface area (Å²) in [5.41, 5.74) is 0. The summed E-state index contributed by atoms with van der Waals surface area (Å²) < 4.78 is 5.06. The lowest BCUT2D eigenvalue weighted by molar-refractivity contribution is 0.0963. The maximum Gasteiger partial charge on any atom is 0.409 e. The van der Waals surface area contributed by atoms with E-state index in [-0.39, 0.29) is 6.09 Å². The van der Waals surface area contributed by atoms with Gasteiger partial charge in [-0.15, -0.1) is 0 Å². The summed E-state index contributed by atoms with van der Waals surface area (Å²) in [5.74, 6) is 0.865. The van der Waals surface area contributed by atoms with Crippen LogP contribution in [0.1, 0.15) is 45.4 Å². The minimum absolute atomic E-state index is 0.194. The maximum absolute atomic E-state index is 11.7. The minimum Gasteiger partial charge on any atom is -0.450 e. The summed E-state index contributed by atoms with van der Waals surface area (Å²) in [6, 6.07) is 0.357. The number of carbonyl (C=O) groups excluding carboxylic acids is 1. The van der Waals surface area contributed by atoms with Gasteiger partial charge in [-0.1, -0.05) is 12.8 Å². The standard InChI is InChI=1S/C18H35N5O2/c1-3-25-18(24)23-13-8-16(9-14-23)21-17(19-2)20-10-15-22-11-6-4-5-7-12-22/h16H,3-15H2,1-2H3,(H2,19,20,21). The van der Waals surface area contributed by atoms with Crippen molar-refractivity contribution in [2.75, 3.05) is 52.9 Å². The first-order valence-electron chi connectivity index (χ1n) is 9.84. The topological polar surface area (TPSA) is 69.2 Å². The second-order valence-electron chi connectivity index (χ2n) is 6.86. The summed E-state index contributed by atoms with van der Waals surface area (Å²) >= 11 is 0. The van der Waals surface area contributed by atoms with Gasteiger partial charge in [0, 0.05) is 39.3 Å². The van der Waals surface area contributed by atoms with Gasteiger partial charge in [0.05, 0.1) is 6.61 Å². The minimum atomic E-state index is -0.194. The highest BCUT2D eigenvalue weighted by Crippen LogP contribution is 2.11. The molecule has 0 aromatic heterocycles. The zero-order valence-electron chi connectivity index (χ0n) is 15.9. The fourth-order valence-corrected chi connectivity index (χ4v) is 3.50. The largest absolute Gasteiger partial charge is 0.450 e. The first-order valence-corrected chi connectivity index (χ1v) is 9.84. The van der Waals surface area contributed by atoms with Crippen molar-refractivity contribution in [1.29, 1.82) is 0 Å². The molecule has 0 aromatic carbocycles. The molecule has 2 fully saturated rings. The predicted molar refractivity (Wildman–Crippen MR) is 101 cm³/mol. The van der Waals surface area contributed by atoms with Crippen LogP contribution in [-0.4, -0.2) is 80.8 Å². The van der Waals surface area contributed by atoms with Gasteiger partial charge in [0.1, 0.15) is 0 Å². The number of aliphatic imine (C=N–C) groups is 1. The van der Waals surface area contributed by atoms with E-state index >= 15 is 0 Å². The number of amides is 1. The zero-order chi connectivity index (χ0) is 17.9. The van der Waals surface area contributed by atoms with Gasteiger partial charge in [-0.25, -0.2) is 4.79 Å². The summed E-state index contributed by atoms with van der Waals surface area (Å²) in [6.07, 6.45) is 7.05. The van der Waals surface area contributed by atoms with Crippen molar-refractivity contribution in [3.05, 3.63) is 0 Å². The molecule has 2 N–H and O–H groups in total. The smallest absolute Gasteiger partial charge is 0.409 e. The molecule has 1 amide bonds. The van der Waals surface area contributed by atoms with Crippen LogP contribution in [0.15, 0.2) is 4.99 Å². The molecule has 7 heteroatoms. The molecule has 25 heavy (non-hydrogen) atoms. The number of rotatable bonds is 5. The van der Waals surface area contributed by atoms with Crippen molar-refractivity contribution < 1.29 is 9.53 Å². The molecule has 2 aliphatic rings. The number of carbonyl (C=O) groups is 1. The molecule has 2 aliphatic heterocycles. The van der Waals surface area contributed by atoms with Crippen LogP contribution >= 0.6 is 0 Å². The maximum atomic E-state index is 11.7. The number of piperidine rings is 1. The number of guanidine groups is 1. The molecule has 7 nitrogen and oxygen atoms in total. The summed E-state index contributed by atoms with van der Waals surface area (Å²) in [5, 5.41) is 6.92. The third kappa shape index (κ3) is 7.10. The number of hydrogen-bond donors (Lipinski definition) is 2. The van der Waals surface area contributed by atoms with Crippen LogP contribution in [0.5, 0.6) is 0 Å². The number of hydrogen-bond acceptors (Lipinski definition) is 4. The number of nitrogens with one attached hydrogen (secondary N) is 2. The van der Waals surface area contributed by atoms with E-state index in [1.165, 1.54) is 38.8 Å². The van der Waals surface area contributed by atoms with Crippen LogP contribution in [0.2, 0.25) is 0 Å². The van der Waals surface area contributed by atoms with Crippen molar-refractivity contribution in [3.8, 4) is 0 Å². The average molecular weight is 354 g/mol. The van der Waals surface area contributed by atoms with Crippen LogP contribution in [0.4, 0.5) is 4.79 Å². The molecule has 144 valence electrons. The number of likely N-dealkylation sites (tertiary alicyclic amines) is 2. The van der Waals surface area contributed by atoms with Crippen LogP contribution in [0.3, 0.4) is 0 Å². The van der Waals surface area contributed by atoms with Gasteiger partial charge in [-0.05, 0) is 45.7 Å². The second-order valence-corrected chi connectivity index (χ2v) is 6.86. The van der Waals surface area contributed by atoms with Crippen LogP contribution in [-0.2, 0) is 4.74 Å². The van der Waals surface area contributed by atoms with Gasteiger partial charge in [0.25, 0.3) is 0 Å². The van der Waals surface area contributed by atoms with Crippen molar-refractivity contribution in [3.63, 3.8) is 0 Å². The van der Waals surface area contributed by atoms with E-state index in [1.807, 2.05) is 14.0 Å². The van der Waals surface area contributed by atoms with E-state index in [2.05, 4.69) is 20.5 Å². The van der Waals surface area contributed by atoms with E-state index in [0.717, 1.165) is 45.0 Å². The molecule has 0 atom stereocenters. The Kier molecular flexibility index (Phi) is 8.86. The fraction of sp³-hybridized carbons (Fsp3) is 0.889. The SMILES string of the molecule is CCOC(=O)N1CCC(NC(=NC)NCCN2CCCCCC2)CC1. The molecular formula is C18H35N5O2. The lowest BCUT2D eigenvalue weighted by Gasteiger charge is -2.32. The molecule has 0 aromatic rings. The predicted octanol–water partition coefficient (Wildman–Crippen LogP) is 1.65. The third-order valence-corrected chi connectivity index (χ3v) is 5.00. The Morgan fingerprint density at radius 1 is 1.12 bits per heavy atom. The van der Waals surface area contributed by atoms with Crippen LogP contribution in [0.25, 0.3) is 0 Å². The fourth-order valence-electron chi connectivity index (χ4n) is 3.50. The Hall–Kier alpha value is -1.50. The number of ether oxygens (including phenoxy) is 1. The van der Waals surface area contributed by atoms with E-state index < -0.39 is 0 Å².